The third-order valence-electron chi connectivity index (χ3n) is 4.05. The maximum atomic E-state index is 14.0. The number of aromatic amines is 1. The third kappa shape index (κ3) is 2.01. The number of carbonyl (C=O) groups is 1. The van der Waals surface area contributed by atoms with Gasteiger partial charge in [-0.05, 0) is 24.1 Å². The summed E-state index contributed by atoms with van der Waals surface area (Å²) in [5, 5.41) is 6.66. The molecule has 6 nitrogen and oxygen atoms in total. The van der Waals surface area contributed by atoms with Crippen molar-refractivity contribution in [1.82, 2.24) is 20.2 Å². The number of rotatable bonds is 2. The second-order valence-corrected chi connectivity index (χ2v) is 5.33. The molecule has 114 valence electrons. The van der Waals surface area contributed by atoms with Crippen LogP contribution in [0.25, 0.3) is 11.1 Å². The Labute approximate surface area is 131 Å². The molecule has 1 aliphatic rings. The maximum absolute atomic E-state index is 14.0. The van der Waals surface area contributed by atoms with E-state index in [1.54, 1.807) is 18.5 Å². The molecular weight excluding hydrogens is 297 g/mol. The van der Waals surface area contributed by atoms with E-state index in [1.807, 2.05) is 19.1 Å². The van der Waals surface area contributed by atoms with Gasteiger partial charge in [-0.3, -0.25) is 14.8 Å². The highest BCUT2D eigenvalue weighted by Crippen LogP contribution is 2.38. The molecule has 3 aromatic rings. The topological polar surface area (TPSA) is 74.8 Å². The average molecular weight is 309 g/mol. The standard InChI is InChI=1S/C16H12FN5O/c1-9-12-3-2-10(11-5-20-21-6-11)4-13(12)16(23)22(9)15-14(17)7-18-8-19-15/h2-9H,1H3,(H,20,21). The minimum Gasteiger partial charge on any atom is -0.285 e. The van der Waals surface area contributed by atoms with Crippen LogP contribution in [-0.4, -0.2) is 26.1 Å². The number of nitrogens with zero attached hydrogens (tertiary/aromatic N) is 4. The van der Waals surface area contributed by atoms with Crippen molar-refractivity contribution in [2.24, 2.45) is 0 Å². The van der Waals surface area contributed by atoms with E-state index >= 15 is 0 Å². The van der Waals surface area contributed by atoms with Gasteiger partial charge in [0.15, 0.2) is 11.6 Å². The minimum atomic E-state index is -0.615. The van der Waals surface area contributed by atoms with Crippen molar-refractivity contribution in [1.29, 1.82) is 0 Å². The Balaban J connectivity index is 1.80. The van der Waals surface area contributed by atoms with E-state index in [0.29, 0.717) is 5.56 Å². The van der Waals surface area contributed by atoms with Crippen LogP contribution in [0.2, 0.25) is 0 Å². The van der Waals surface area contributed by atoms with Gasteiger partial charge in [0, 0.05) is 17.3 Å². The molecule has 1 aromatic carbocycles. The first kappa shape index (κ1) is 13.6. The lowest BCUT2D eigenvalue weighted by Crippen LogP contribution is -2.28. The van der Waals surface area contributed by atoms with E-state index in [9.17, 15) is 9.18 Å². The molecule has 1 unspecified atom stereocenters. The largest absolute Gasteiger partial charge is 0.285 e. The molecule has 4 rings (SSSR count). The van der Waals surface area contributed by atoms with Gasteiger partial charge in [-0.1, -0.05) is 12.1 Å². The second-order valence-electron chi connectivity index (χ2n) is 5.33. The summed E-state index contributed by atoms with van der Waals surface area (Å²) in [6.45, 7) is 1.85. The van der Waals surface area contributed by atoms with E-state index in [2.05, 4.69) is 20.2 Å². The molecule has 0 saturated heterocycles. The summed E-state index contributed by atoms with van der Waals surface area (Å²) in [7, 11) is 0. The fourth-order valence-electron chi connectivity index (χ4n) is 2.90. The zero-order valence-corrected chi connectivity index (χ0v) is 12.2. The number of aromatic nitrogens is 4. The number of carbonyl (C=O) groups excluding carboxylic acids is 1. The van der Waals surface area contributed by atoms with Gasteiger partial charge in [-0.25, -0.2) is 14.4 Å². The summed E-state index contributed by atoms with van der Waals surface area (Å²) >= 11 is 0. The third-order valence-corrected chi connectivity index (χ3v) is 4.05. The first-order chi connectivity index (χ1) is 11.2. The highest BCUT2D eigenvalue weighted by molar-refractivity contribution is 6.11. The van der Waals surface area contributed by atoms with Crippen LogP contribution >= 0.6 is 0 Å². The van der Waals surface area contributed by atoms with E-state index in [-0.39, 0.29) is 17.8 Å². The predicted molar refractivity (Wildman–Crippen MR) is 81.2 cm³/mol. The van der Waals surface area contributed by atoms with Crippen LogP contribution in [0.3, 0.4) is 0 Å². The first-order valence-electron chi connectivity index (χ1n) is 7.09. The number of anilines is 1. The zero-order chi connectivity index (χ0) is 16.0. The number of hydrogen-bond acceptors (Lipinski definition) is 4. The number of benzene rings is 1. The smallest absolute Gasteiger partial charge is 0.260 e. The van der Waals surface area contributed by atoms with Crippen LogP contribution in [0.15, 0.2) is 43.1 Å². The van der Waals surface area contributed by atoms with Crippen molar-refractivity contribution >= 4 is 11.7 Å². The first-order valence-corrected chi connectivity index (χ1v) is 7.09. The lowest BCUT2D eigenvalue weighted by Gasteiger charge is -2.20. The van der Waals surface area contributed by atoms with Crippen LogP contribution in [0.1, 0.15) is 28.9 Å². The molecule has 7 heteroatoms. The fourth-order valence-corrected chi connectivity index (χ4v) is 2.90. The van der Waals surface area contributed by atoms with Crippen molar-refractivity contribution in [2.45, 2.75) is 13.0 Å². The summed E-state index contributed by atoms with van der Waals surface area (Å²) < 4.78 is 14.0. The van der Waals surface area contributed by atoms with Crippen molar-refractivity contribution in [3.63, 3.8) is 0 Å². The van der Waals surface area contributed by atoms with E-state index in [1.165, 1.54) is 11.2 Å². The molecule has 1 N–H and O–H groups in total. The Hall–Kier alpha value is -3.09. The molecule has 3 heterocycles. The van der Waals surface area contributed by atoms with Gasteiger partial charge >= 0.3 is 0 Å². The molecule has 0 fully saturated rings. The van der Waals surface area contributed by atoms with E-state index < -0.39 is 5.82 Å². The summed E-state index contributed by atoms with van der Waals surface area (Å²) in [5.74, 6) is -0.885. The Kier molecular flexibility index (Phi) is 2.94. The molecule has 1 atom stereocenters. The highest BCUT2D eigenvalue weighted by Gasteiger charge is 2.37. The van der Waals surface area contributed by atoms with Crippen molar-refractivity contribution in [3.8, 4) is 11.1 Å². The lowest BCUT2D eigenvalue weighted by molar-refractivity contribution is 0.0990. The summed E-state index contributed by atoms with van der Waals surface area (Å²) in [5.41, 5.74) is 3.16. The minimum absolute atomic E-state index is 0.00133. The molecule has 0 saturated carbocycles. The second kappa shape index (κ2) is 4.98. The van der Waals surface area contributed by atoms with Gasteiger partial charge in [0.1, 0.15) is 6.33 Å². The quantitative estimate of drug-likeness (QED) is 0.790. The molecule has 2 aromatic heterocycles. The van der Waals surface area contributed by atoms with Gasteiger partial charge in [-0.2, -0.15) is 5.10 Å². The molecule has 0 radical (unpaired) electrons. The monoisotopic (exact) mass is 309 g/mol. The molecule has 0 aliphatic carbocycles. The fraction of sp³-hybridized carbons (Fsp3) is 0.125. The Morgan fingerprint density at radius 3 is 2.87 bits per heavy atom. The van der Waals surface area contributed by atoms with Crippen LogP contribution in [0, 0.1) is 5.82 Å². The van der Waals surface area contributed by atoms with Crippen LogP contribution in [-0.2, 0) is 0 Å². The van der Waals surface area contributed by atoms with Gasteiger partial charge in [0.2, 0.25) is 0 Å². The number of H-pyrrole nitrogens is 1. The Morgan fingerprint density at radius 1 is 1.26 bits per heavy atom. The molecular formula is C16H12FN5O. The number of halogens is 1. The van der Waals surface area contributed by atoms with Crippen LogP contribution in [0.5, 0.6) is 0 Å². The van der Waals surface area contributed by atoms with Gasteiger partial charge in [-0.15, -0.1) is 0 Å². The number of amides is 1. The van der Waals surface area contributed by atoms with Crippen LogP contribution in [0.4, 0.5) is 10.2 Å². The molecule has 0 spiro atoms. The predicted octanol–water partition coefficient (Wildman–Crippen LogP) is 2.73. The SMILES string of the molecule is CC1c2ccc(-c3cn[nH]c3)cc2C(=O)N1c1ncncc1F. The van der Waals surface area contributed by atoms with Gasteiger partial charge in [0.25, 0.3) is 5.91 Å². The number of fused-ring (bicyclic) bond motifs is 1. The molecule has 0 bridgehead atoms. The van der Waals surface area contributed by atoms with Gasteiger partial charge in [0.05, 0.1) is 18.4 Å². The Bertz CT molecular complexity index is 893. The molecule has 1 aliphatic heterocycles. The van der Waals surface area contributed by atoms with Gasteiger partial charge < -0.3 is 0 Å². The van der Waals surface area contributed by atoms with E-state index in [0.717, 1.165) is 22.9 Å². The van der Waals surface area contributed by atoms with Crippen molar-refractivity contribution < 1.29 is 9.18 Å². The molecule has 1 amide bonds. The summed E-state index contributed by atoms with van der Waals surface area (Å²) in [6.07, 6.45) is 5.74. The highest BCUT2D eigenvalue weighted by atomic mass is 19.1. The maximum Gasteiger partial charge on any atom is 0.260 e. The van der Waals surface area contributed by atoms with Crippen molar-refractivity contribution in [3.05, 3.63) is 60.1 Å². The lowest BCUT2D eigenvalue weighted by atomic mass is 10.0. The van der Waals surface area contributed by atoms with Crippen LogP contribution < -0.4 is 4.90 Å². The van der Waals surface area contributed by atoms with Crippen molar-refractivity contribution in [2.75, 3.05) is 4.90 Å². The normalized spacial score (nSPS) is 16.7. The summed E-state index contributed by atoms with van der Waals surface area (Å²) in [4.78, 5) is 21.7. The molecule has 23 heavy (non-hydrogen) atoms. The number of nitrogens with one attached hydrogen (secondary N) is 1. The average Bonchev–Trinajstić information content (AvgIpc) is 3.17. The van der Waals surface area contributed by atoms with E-state index in [4.69, 9.17) is 0 Å². The number of hydrogen-bond donors (Lipinski definition) is 1. The Morgan fingerprint density at radius 2 is 2.13 bits per heavy atom. The zero-order valence-electron chi connectivity index (χ0n) is 12.2. The summed E-state index contributed by atoms with van der Waals surface area (Å²) in [6, 6.07) is 5.32.